The van der Waals surface area contributed by atoms with Crippen molar-refractivity contribution in [3.8, 4) is 0 Å². The standard InChI is InChI=1S/C18H20ClFN4.HI/c1-21-18(23-10-8-12-5-2-3-9-22-12)24-16-11-13(16)17-14(19)6-4-7-15(17)20;/h2-7,9,13,16H,8,10-11H2,1H3,(H2,21,23,24);1H. The number of hydrogen-bond donors (Lipinski definition) is 2. The lowest BCUT2D eigenvalue weighted by molar-refractivity contribution is 0.608. The highest BCUT2D eigenvalue weighted by Gasteiger charge is 2.41. The first-order chi connectivity index (χ1) is 11.7. The molecule has 2 atom stereocenters. The lowest BCUT2D eigenvalue weighted by Crippen LogP contribution is -2.40. The average molecular weight is 475 g/mol. The second-order valence-corrected chi connectivity index (χ2v) is 6.21. The number of guanidine groups is 1. The molecule has 7 heteroatoms. The number of halogens is 3. The highest BCUT2D eigenvalue weighted by molar-refractivity contribution is 14.0. The van der Waals surface area contributed by atoms with Crippen LogP contribution in [0.2, 0.25) is 5.02 Å². The Kier molecular flexibility index (Phi) is 7.43. The predicted molar refractivity (Wildman–Crippen MR) is 110 cm³/mol. The largest absolute Gasteiger partial charge is 0.356 e. The van der Waals surface area contributed by atoms with Crippen molar-refractivity contribution < 1.29 is 4.39 Å². The summed E-state index contributed by atoms with van der Waals surface area (Å²) in [5.41, 5.74) is 1.63. The van der Waals surface area contributed by atoms with Crippen molar-refractivity contribution in [2.75, 3.05) is 13.6 Å². The molecule has 25 heavy (non-hydrogen) atoms. The van der Waals surface area contributed by atoms with E-state index in [-0.39, 0.29) is 41.8 Å². The predicted octanol–water partition coefficient (Wildman–Crippen LogP) is 3.76. The van der Waals surface area contributed by atoms with Crippen LogP contribution in [0.3, 0.4) is 0 Å². The number of aromatic nitrogens is 1. The number of nitrogens with zero attached hydrogens (tertiary/aromatic N) is 2. The first-order valence-corrected chi connectivity index (χ1v) is 8.38. The summed E-state index contributed by atoms with van der Waals surface area (Å²) in [4.78, 5) is 8.51. The Hall–Kier alpha value is -1.41. The van der Waals surface area contributed by atoms with E-state index < -0.39 is 0 Å². The van der Waals surface area contributed by atoms with E-state index >= 15 is 0 Å². The van der Waals surface area contributed by atoms with Gasteiger partial charge >= 0.3 is 0 Å². The molecule has 2 aromatic rings. The summed E-state index contributed by atoms with van der Waals surface area (Å²) < 4.78 is 14.0. The van der Waals surface area contributed by atoms with Crippen molar-refractivity contribution in [3.63, 3.8) is 0 Å². The maximum absolute atomic E-state index is 14.0. The van der Waals surface area contributed by atoms with Crippen LogP contribution in [-0.4, -0.2) is 30.6 Å². The number of hydrogen-bond acceptors (Lipinski definition) is 2. The minimum Gasteiger partial charge on any atom is -0.356 e. The number of pyridine rings is 1. The Morgan fingerprint density at radius 1 is 1.32 bits per heavy atom. The Morgan fingerprint density at radius 3 is 2.84 bits per heavy atom. The molecule has 134 valence electrons. The van der Waals surface area contributed by atoms with Gasteiger partial charge in [0.2, 0.25) is 0 Å². The molecule has 1 fully saturated rings. The normalized spacial score (nSPS) is 19.1. The second-order valence-electron chi connectivity index (χ2n) is 5.80. The highest BCUT2D eigenvalue weighted by atomic mass is 127. The van der Waals surface area contributed by atoms with Crippen molar-refractivity contribution in [2.45, 2.75) is 24.8 Å². The molecule has 1 aromatic carbocycles. The maximum atomic E-state index is 14.0. The van der Waals surface area contributed by atoms with Crippen LogP contribution in [-0.2, 0) is 6.42 Å². The second kappa shape index (κ2) is 9.33. The number of aliphatic imine (C=N–C) groups is 1. The summed E-state index contributed by atoms with van der Waals surface area (Å²) in [6.07, 6.45) is 3.45. The molecule has 1 aromatic heterocycles. The first-order valence-electron chi connectivity index (χ1n) is 8.00. The van der Waals surface area contributed by atoms with E-state index in [0.29, 0.717) is 16.5 Å². The fraction of sp³-hybridized carbons (Fsp3) is 0.333. The molecule has 0 bridgehead atoms. The van der Waals surface area contributed by atoms with Gasteiger partial charge in [0.05, 0.1) is 0 Å². The van der Waals surface area contributed by atoms with E-state index in [4.69, 9.17) is 11.6 Å². The quantitative estimate of drug-likeness (QED) is 0.394. The average Bonchev–Trinajstić information content (AvgIpc) is 3.33. The van der Waals surface area contributed by atoms with Crippen molar-refractivity contribution in [1.29, 1.82) is 0 Å². The van der Waals surface area contributed by atoms with Gasteiger partial charge in [0.15, 0.2) is 5.96 Å². The third kappa shape index (κ3) is 5.28. The molecule has 1 saturated carbocycles. The van der Waals surface area contributed by atoms with E-state index in [1.165, 1.54) is 6.07 Å². The summed E-state index contributed by atoms with van der Waals surface area (Å²) in [7, 11) is 1.73. The number of benzene rings is 1. The molecular formula is C18H21ClFIN4. The van der Waals surface area contributed by atoms with Gasteiger partial charge in [-0.2, -0.15) is 0 Å². The van der Waals surface area contributed by atoms with Crippen LogP contribution in [0.1, 0.15) is 23.6 Å². The Labute approximate surface area is 169 Å². The van der Waals surface area contributed by atoms with Gasteiger partial charge in [0, 0.05) is 54.4 Å². The van der Waals surface area contributed by atoms with Crippen LogP contribution in [0.25, 0.3) is 0 Å². The van der Waals surface area contributed by atoms with Crippen molar-refractivity contribution >= 4 is 41.5 Å². The smallest absolute Gasteiger partial charge is 0.191 e. The van der Waals surface area contributed by atoms with Crippen molar-refractivity contribution in [3.05, 3.63) is 64.7 Å². The van der Waals surface area contributed by atoms with E-state index in [1.807, 2.05) is 18.2 Å². The van der Waals surface area contributed by atoms with Crippen LogP contribution >= 0.6 is 35.6 Å². The topological polar surface area (TPSA) is 49.3 Å². The molecule has 0 spiro atoms. The monoisotopic (exact) mass is 474 g/mol. The van der Waals surface area contributed by atoms with Gasteiger partial charge in [-0.1, -0.05) is 23.7 Å². The molecular weight excluding hydrogens is 454 g/mol. The van der Waals surface area contributed by atoms with Gasteiger partial charge in [-0.05, 0) is 30.7 Å². The van der Waals surface area contributed by atoms with Crippen LogP contribution in [0.15, 0.2) is 47.6 Å². The molecule has 0 amide bonds. The zero-order valence-corrected chi connectivity index (χ0v) is 17.0. The van der Waals surface area contributed by atoms with E-state index in [9.17, 15) is 4.39 Å². The SMILES string of the molecule is CN=C(NCCc1ccccn1)NC1CC1c1c(F)cccc1Cl.I. The van der Waals surface area contributed by atoms with Crippen molar-refractivity contribution in [1.82, 2.24) is 15.6 Å². The molecule has 2 N–H and O–H groups in total. The van der Waals surface area contributed by atoms with Gasteiger partial charge < -0.3 is 10.6 Å². The fourth-order valence-electron chi connectivity index (χ4n) is 2.76. The molecule has 1 aliphatic rings. The van der Waals surface area contributed by atoms with Gasteiger partial charge in [0.25, 0.3) is 0 Å². The Morgan fingerprint density at radius 2 is 2.16 bits per heavy atom. The van der Waals surface area contributed by atoms with Crippen LogP contribution in [0.4, 0.5) is 4.39 Å². The molecule has 1 heterocycles. The molecule has 2 unspecified atom stereocenters. The Balaban J connectivity index is 0.00000225. The van der Waals surface area contributed by atoms with E-state index in [1.54, 1.807) is 25.4 Å². The highest BCUT2D eigenvalue weighted by Crippen LogP contribution is 2.44. The van der Waals surface area contributed by atoms with Gasteiger partial charge in [-0.25, -0.2) is 4.39 Å². The number of rotatable bonds is 5. The van der Waals surface area contributed by atoms with Crippen LogP contribution in [0.5, 0.6) is 0 Å². The zero-order chi connectivity index (χ0) is 16.9. The Bertz CT molecular complexity index is 706. The lowest BCUT2D eigenvalue weighted by Gasteiger charge is -2.12. The number of nitrogens with one attached hydrogen (secondary N) is 2. The van der Waals surface area contributed by atoms with Gasteiger partial charge in [-0.3, -0.25) is 9.98 Å². The van der Waals surface area contributed by atoms with Crippen molar-refractivity contribution in [2.24, 2.45) is 4.99 Å². The molecule has 1 aliphatic carbocycles. The zero-order valence-electron chi connectivity index (χ0n) is 13.9. The minimum atomic E-state index is -0.241. The maximum Gasteiger partial charge on any atom is 0.191 e. The van der Waals surface area contributed by atoms with Crippen LogP contribution < -0.4 is 10.6 Å². The summed E-state index contributed by atoms with van der Waals surface area (Å²) in [6.45, 7) is 0.731. The molecule has 0 aliphatic heterocycles. The van der Waals surface area contributed by atoms with E-state index in [0.717, 1.165) is 25.1 Å². The third-order valence-corrected chi connectivity index (χ3v) is 4.44. The third-order valence-electron chi connectivity index (χ3n) is 4.11. The first kappa shape index (κ1) is 19.9. The molecule has 0 radical (unpaired) electrons. The van der Waals surface area contributed by atoms with Gasteiger partial charge in [0.1, 0.15) is 5.82 Å². The van der Waals surface area contributed by atoms with E-state index in [2.05, 4.69) is 20.6 Å². The summed E-state index contributed by atoms with van der Waals surface area (Å²) in [6, 6.07) is 10.8. The minimum absolute atomic E-state index is 0. The lowest BCUT2D eigenvalue weighted by atomic mass is 10.1. The summed E-state index contributed by atoms with van der Waals surface area (Å²) in [5.74, 6) is 0.564. The molecule has 3 rings (SSSR count). The molecule has 0 saturated heterocycles. The molecule has 4 nitrogen and oxygen atoms in total. The fourth-order valence-corrected chi connectivity index (χ4v) is 3.07. The summed E-state index contributed by atoms with van der Waals surface area (Å²) in [5, 5.41) is 7.07. The van der Waals surface area contributed by atoms with Crippen LogP contribution in [0, 0.1) is 5.82 Å². The summed E-state index contributed by atoms with van der Waals surface area (Å²) >= 11 is 6.13. The van der Waals surface area contributed by atoms with Gasteiger partial charge in [-0.15, -0.1) is 24.0 Å².